The predicted octanol–water partition coefficient (Wildman–Crippen LogP) is 0.669. The van der Waals surface area contributed by atoms with Crippen LogP contribution in [0.4, 0.5) is 0 Å². The summed E-state index contributed by atoms with van der Waals surface area (Å²) in [5, 5.41) is 16.6. The Kier molecular flexibility index (Phi) is 5.09. The number of hydrogen-bond donors (Lipinski definition) is 2. The predicted molar refractivity (Wildman–Crippen MR) is 63.4 cm³/mol. The van der Waals surface area contributed by atoms with Gasteiger partial charge in [-0.25, -0.2) is 0 Å². The van der Waals surface area contributed by atoms with E-state index in [1.807, 2.05) is 0 Å². The first kappa shape index (κ1) is 13.6. The van der Waals surface area contributed by atoms with Crippen LogP contribution in [-0.4, -0.2) is 32.1 Å². The van der Waals surface area contributed by atoms with Crippen molar-refractivity contribution in [3.05, 3.63) is 11.9 Å². The Balaban J connectivity index is 2.56. The van der Waals surface area contributed by atoms with Gasteiger partial charge in [-0.05, 0) is 5.92 Å². The van der Waals surface area contributed by atoms with Crippen molar-refractivity contribution in [1.82, 2.24) is 15.0 Å². The summed E-state index contributed by atoms with van der Waals surface area (Å²) in [5.74, 6) is -0.433. The zero-order chi connectivity index (χ0) is 12.8. The summed E-state index contributed by atoms with van der Waals surface area (Å²) in [7, 11) is 0. The Morgan fingerprint density at radius 1 is 1.53 bits per heavy atom. The molecule has 0 saturated heterocycles. The van der Waals surface area contributed by atoms with E-state index in [1.165, 1.54) is 0 Å². The lowest BCUT2D eigenvalue weighted by atomic mass is 10.0. The molecule has 0 aliphatic heterocycles. The number of carbonyl (C=O) groups is 1. The van der Waals surface area contributed by atoms with Crippen molar-refractivity contribution in [3.63, 3.8) is 0 Å². The number of carboxylic acids is 1. The highest BCUT2D eigenvalue weighted by Gasteiger charge is 2.15. The molecule has 0 fully saturated rings. The van der Waals surface area contributed by atoms with Crippen molar-refractivity contribution in [2.75, 3.05) is 0 Å². The summed E-state index contributed by atoms with van der Waals surface area (Å²) in [6.45, 7) is 5.11. The number of hydrogen-bond acceptors (Lipinski definition) is 4. The van der Waals surface area contributed by atoms with E-state index in [1.54, 1.807) is 10.9 Å². The van der Waals surface area contributed by atoms with E-state index in [-0.39, 0.29) is 6.42 Å². The standard InChI is InChI=1S/C11H20N4O2/c1-3-8(4-2)6-15-7-9(13-14-15)5-10(12)11(16)17/h7-8,10H,3-6,12H2,1-2H3,(H,16,17). The second kappa shape index (κ2) is 6.34. The van der Waals surface area contributed by atoms with Gasteiger partial charge in [-0.15, -0.1) is 5.10 Å². The minimum Gasteiger partial charge on any atom is -0.480 e. The molecule has 6 heteroatoms. The van der Waals surface area contributed by atoms with Crippen LogP contribution in [0.15, 0.2) is 6.20 Å². The van der Waals surface area contributed by atoms with Crippen LogP contribution in [0, 0.1) is 5.92 Å². The molecule has 1 unspecified atom stereocenters. The fraction of sp³-hybridized carbons (Fsp3) is 0.727. The van der Waals surface area contributed by atoms with Gasteiger partial charge in [0.25, 0.3) is 0 Å². The Labute approximate surface area is 101 Å². The number of rotatable bonds is 7. The Morgan fingerprint density at radius 2 is 2.18 bits per heavy atom. The second-order valence-electron chi connectivity index (χ2n) is 4.26. The summed E-state index contributed by atoms with van der Waals surface area (Å²) in [6.07, 6.45) is 4.19. The van der Waals surface area contributed by atoms with Crippen molar-refractivity contribution in [3.8, 4) is 0 Å². The number of aromatic nitrogens is 3. The lowest BCUT2D eigenvalue weighted by molar-refractivity contribution is -0.138. The van der Waals surface area contributed by atoms with Gasteiger partial charge in [0.1, 0.15) is 6.04 Å². The highest BCUT2D eigenvalue weighted by Crippen LogP contribution is 2.10. The van der Waals surface area contributed by atoms with Crippen molar-refractivity contribution in [2.45, 2.75) is 45.7 Å². The minimum absolute atomic E-state index is 0.220. The molecule has 1 atom stereocenters. The fourth-order valence-corrected chi connectivity index (χ4v) is 1.65. The molecule has 0 radical (unpaired) electrons. The maximum absolute atomic E-state index is 10.6. The number of nitrogens with zero attached hydrogens (tertiary/aromatic N) is 3. The lowest BCUT2D eigenvalue weighted by Crippen LogP contribution is -2.32. The fourth-order valence-electron chi connectivity index (χ4n) is 1.65. The van der Waals surface area contributed by atoms with Crippen LogP contribution < -0.4 is 5.73 Å². The molecule has 1 rings (SSSR count). The van der Waals surface area contributed by atoms with Crippen molar-refractivity contribution in [2.24, 2.45) is 11.7 Å². The summed E-state index contributed by atoms with van der Waals surface area (Å²) in [6, 6.07) is -0.909. The summed E-state index contributed by atoms with van der Waals surface area (Å²) < 4.78 is 1.77. The zero-order valence-electron chi connectivity index (χ0n) is 10.3. The van der Waals surface area contributed by atoms with Gasteiger partial charge in [0.05, 0.1) is 5.69 Å². The van der Waals surface area contributed by atoms with E-state index < -0.39 is 12.0 Å². The van der Waals surface area contributed by atoms with E-state index in [0.29, 0.717) is 11.6 Å². The van der Waals surface area contributed by atoms with Crippen molar-refractivity contribution < 1.29 is 9.90 Å². The summed E-state index contributed by atoms with van der Waals surface area (Å²) >= 11 is 0. The Hall–Kier alpha value is -1.43. The summed E-state index contributed by atoms with van der Waals surface area (Å²) in [4.78, 5) is 10.6. The van der Waals surface area contributed by atoms with Crippen LogP contribution in [-0.2, 0) is 17.8 Å². The van der Waals surface area contributed by atoms with Crippen LogP contribution in [0.1, 0.15) is 32.4 Å². The van der Waals surface area contributed by atoms with Gasteiger partial charge in [-0.3, -0.25) is 9.48 Å². The molecule has 17 heavy (non-hydrogen) atoms. The van der Waals surface area contributed by atoms with Gasteiger partial charge in [0.2, 0.25) is 0 Å². The smallest absolute Gasteiger partial charge is 0.320 e. The molecule has 0 spiro atoms. The molecule has 0 aromatic carbocycles. The molecule has 0 aliphatic carbocycles. The molecule has 1 aromatic rings. The molecule has 96 valence electrons. The number of carboxylic acid groups (broad SMARTS) is 1. The molecular formula is C11H20N4O2. The molecule has 1 heterocycles. The van der Waals surface area contributed by atoms with Crippen LogP contribution in [0.5, 0.6) is 0 Å². The van der Waals surface area contributed by atoms with Crippen molar-refractivity contribution in [1.29, 1.82) is 0 Å². The molecule has 0 aliphatic rings. The molecule has 0 saturated carbocycles. The zero-order valence-corrected chi connectivity index (χ0v) is 10.3. The van der Waals surface area contributed by atoms with Crippen LogP contribution in [0.2, 0.25) is 0 Å². The molecule has 0 amide bonds. The number of nitrogens with two attached hydrogens (primary N) is 1. The first-order valence-corrected chi connectivity index (χ1v) is 5.94. The third-order valence-corrected chi connectivity index (χ3v) is 2.93. The average Bonchev–Trinajstić information content (AvgIpc) is 2.73. The summed E-state index contributed by atoms with van der Waals surface area (Å²) in [5.41, 5.74) is 6.07. The maximum Gasteiger partial charge on any atom is 0.320 e. The minimum atomic E-state index is -1.01. The number of aliphatic carboxylic acids is 1. The van der Waals surface area contributed by atoms with E-state index in [9.17, 15) is 4.79 Å². The van der Waals surface area contributed by atoms with E-state index in [4.69, 9.17) is 10.8 Å². The SMILES string of the molecule is CCC(CC)Cn1cc(CC(N)C(=O)O)nn1. The monoisotopic (exact) mass is 240 g/mol. The van der Waals surface area contributed by atoms with E-state index in [2.05, 4.69) is 24.2 Å². The molecule has 1 aromatic heterocycles. The highest BCUT2D eigenvalue weighted by atomic mass is 16.4. The van der Waals surface area contributed by atoms with Gasteiger partial charge in [-0.1, -0.05) is 31.9 Å². The molecular weight excluding hydrogens is 220 g/mol. The second-order valence-corrected chi connectivity index (χ2v) is 4.26. The molecule has 0 bridgehead atoms. The largest absolute Gasteiger partial charge is 0.480 e. The van der Waals surface area contributed by atoms with Crippen molar-refractivity contribution >= 4 is 5.97 Å². The van der Waals surface area contributed by atoms with E-state index >= 15 is 0 Å². The van der Waals surface area contributed by atoms with Gasteiger partial charge in [-0.2, -0.15) is 0 Å². The van der Waals surface area contributed by atoms with E-state index in [0.717, 1.165) is 19.4 Å². The van der Waals surface area contributed by atoms with Crippen LogP contribution >= 0.6 is 0 Å². The van der Waals surface area contributed by atoms with Gasteiger partial charge in [0, 0.05) is 19.2 Å². The Bertz CT molecular complexity index is 360. The first-order valence-electron chi connectivity index (χ1n) is 5.94. The van der Waals surface area contributed by atoms with Crippen LogP contribution in [0.3, 0.4) is 0 Å². The lowest BCUT2D eigenvalue weighted by Gasteiger charge is -2.10. The van der Waals surface area contributed by atoms with Gasteiger partial charge >= 0.3 is 5.97 Å². The third kappa shape index (κ3) is 4.14. The maximum atomic E-state index is 10.6. The molecule has 3 N–H and O–H groups in total. The highest BCUT2D eigenvalue weighted by molar-refractivity contribution is 5.73. The van der Waals surface area contributed by atoms with Gasteiger partial charge in [0.15, 0.2) is 0 Å². The van der Waals surface area contributed by atoms with Gasteiger partial charge < -0.3 is 10.8 Å². The topological polar surface area (TPSA) is 94.0 Å². The Morgan fingerprint density at radius 3 is 2.71 bits per heavy atom. The average molecular weight is 240 g/mol. The quantitative estimate of drug-likeness (QED) is 0.730. The normalized spacial score (nSPS) is 12.9. The first-order chi connectivity index (χ1) is 8.06. The van der Waals surface area contributed by atoms with Crippen LogP contribution in [0.25, 0.3) is 0 Å². The molecule has 6 nitrogen and oxygen atoms in total. The third-order valence-electron chi connectivity index (χ3n) is 2.93.